The quantitative estimate of drug-likeness (QED) is 0.687. The van der Waals surface area contributed by atoms with Crippen LogP contribution in [0.4, 0.5) is 10.3 Å². The second kappa shape index (κ2) is 9.33. The van der Waals surface area contributed by atoms with Crippen LogP contribution in [0.25, 0.3) is 0 Å². The first-order valence-electron chi connectivity index (χ1n) is 8.32. The molecule has 0 aliphatic rings. The molecule has 2 N–H and O–H groups in total. The number of aryl methyl sites for hydroxylation is 2. The maximum absolute atomic E-state index is 13.3. The molecule has 0 spiro atoms. The van der Waals surface area contributed by atoms with Gasteiger partial charge in [-0.25, -0.2) is 14.2 Å². The van der Waals surface area contributed by atoms with Crippen LogP contribution in [-0.2, 0) is 33.2 Å². The summed E-state index contributed by atoms with van der Waals surface area (Å²) in [7, 11) is -1.45. The van der Waals surface area contributed by atoms with Gasteiger partial charge in [-0.2, -0.15) is 0 Å². The van der Waals surface area contributed by atoms with Gasteiger partial charge in [0.25, 0.3) is 0 Å². The summed E-state index contributed by atoms with van der Waals surface area (Å²) in [6.07, 6.45) is 3.07. The van der Waals surface area contributed by atoms with Crippen LogP contribution in [0.3, 0.4) is 0 Å². The van der Waals surface area contributed by atoms with E-state index in [9.17, 15) is 13.8 Å². The van der Waals surface area contributed by atoms with Crippen molar-refractivity contribution < 1.29 is 13.8 Å². The van der Waals surface area contributed by atoms with Crippen LogP contribution in [0.5, 0.6) is 0 Å². The van der Waals surface area contributed by atoms with Gasteiger partial charge in [-0.1, -0.05) is 49.4 Å². The zero-order valence-electron chi connectivity index (χ0n) is 15.2. The van der Waals surface area contributed by atoms with Crippen molar-refractivity contribution in [2.45, 2.75) is 61.8 Å². The summed E-state index contributed by atoms with van der Waals surface area (Å²) >= 11 is 2.46. The van der Waals surface area contributed by atoms with E-state index in [1.54, 1.807) is 0 Å². The maximum atomic E-state index is 13.3. The number of hydrogen-bond donors (Lipinski definition) is 2. The van der Waals surface area contributed by atoms with Gasteiger partial charge in [-0.15, -0.1) is 0 Å². The van der Waals surface area contributed by atoms with Crippen LogP contribution in [0, 0.1) is 0 Å². The van der Waals surface area contributed by atoms with E-state index in [-0.39, 0.29) is 11.8 Å². The molecule has 2 rings (SSSR count). The van der Waals surface area contributed by atoms with Crippen molar-refractivity contribution in [2.75, 3.05) is 10.6 Å². The minimum absolute atomic E-state index is 0.212. The highest BCUT2D eigenvalue weighted by molar-refractivity contribution is 7.89. The SMILES string of the molecule is CCCc1nc(NC(C)=O)sc1S(=O)c1sc(NC(C)=O)nc1CCC. The Balaban J connectivity index is 2.43. The molecule has 0 aromatic carbocycles. The lowest BCUT2D eigenvalue weighted by molar-refractivity contribution is -0.115. The Morgan fingerprint density at radius 3 is 1.58 bits per heavy atom. The van der Waals surface area contributed by atoms with Gasteiger partial charge in [0.2, 0.25) is 11.8 Å². The third kappa shape index (κ3) is 5.18. The molecule has 0 saturated heterocycles. The van der Waals surface area contributed by atoms with Gasteiger partial charge in [0, 0.05) is 13.8 Å². The predicted molar refractivity (Wildman–Crippen MR) is 105 cm³/mol. The van der Waals surface area contributed by atoms with Crippen molar-refractivity contribution in [3.8, 4) is 0 Å². The Kier molecular flexibility index (Phi) is 7.42. The molecule has 0 saturated carbocycles. The van der Waals surface area contributed by atoms with E-state index < -0.39 is 10.8 Å². The molecule has 0 fully saturated rings. The van der Waals surface area contributed by atoms with E-state index in [2.05, 4.69) is 20.6 Å². The smallest absolute Gasteiger partial charge is 0.223 e. The van der Waals surface area contributed by atoms with Crippen LogP contribution in [0.1, 0.15) is 51.9 Å². The molecule has 26 heavy (non-hydrogen) atoms. The summed E-state index contributed by atoms with van der Waals surface area (Å²) in [5.41, 5.74) is 1.47. The molecular weight excluding hydrogens is 392 g/mol. The summed E-state index contributed by atoms with van der Waals surface area (Å²) in [5, 5.41) is 6.24. The molecule has 7 nitrogen and oxygen atoms in total. The number of thiazole rings is 2. The first kappa shape index (κ1) is 20.7. The lowest BCUT2D eigenvalue weighted by atomic mass is 10.3. The standard InChI is InChI=1S/C16H22N4O3S3/c1-5-7-11-13(24-15(19-11)17-9(3)21)26(23)14-12(8-6-2)20-16(25-14)18-10(4)22/h5-8H2,1-4H3,(H,17,19,21)(H,18,20,22). The van der Waals surface area contributed by atoms with E-state index in [1.165, 1.54) is 36.5 Å². The van der Waals surface area contributed by atoms with Gasteiger partial charge in [0.05, 0.1) is 11.4 Å². The van der Waals surface area contributed by atoms with Crippen molar-refractivity contribution in [1.29, 1.82) is 0 Å². The lowest BCUT2D eigenvalue weighted by Crippen LogP contribution is -2.05. The summed E-state index contributed by atoms with van der Waals surface area (Å²) < 4.78 is 14.5. The Bertz CT molecular complexity index is 763. The fraction of sp³-hybridized carbons (Fsp3) is 0.500. The number of carbonyl (C=O) groups is 2. The predicted octanol–water partition coefficient (Wildman–Crippen LogP) is 3.59. The van der Waals surface area contributed by atoms with E-state index in [0.29, 0.717) is 31.5 Å². The fourth-order valence-electron chi connectivity index (χ4n) is 2.25. The minimum atomic E-state index is -1.45. The largest absolute Gasteiger partial charge is 0.302 e. The summed E-state index contributed by atoms with van der Waals surface area (Å²) in [6.45, 7) is 6.88. The van der Waals surface area contributed by atoms with Gasteiger partial charge in [-0.05, 0) is 12.8 Å². The van der Waals surface area contributed by atoms with Gasteiger partial charge in [0.15, 0.2) is 10.3 Å². The molecule has 10 heteroatoms. The summed E-state index contributed by atoms with van der Waals surface area (Å²) in [6, 6.07) is 0. The molecule has 0 atom stereocenters. The van der Waals surface area contributed by atoms with Crippen LogP contribution >= 0.6 is 22.7 Å². The van der Waals surface area contributed by atoms with E-state index >= 15 is 0 Å². The lowest BCUT2D eigenvalue weighted by Gasteiger charge is -2.01. The highest BCUT2D eigenvalue weighted by Crippen LogP contribution is 2.36. The Morgan fingerprint density at radius 1 is 0.885 bits per heavy atom. The molecule has 2 aromatic rings. The summed E-state index contributed by atoms with van der Waals surface area (Å²) in [4.78, 5) is 31.5. The minimum Gasteiger partial charge on any atom is -0.302 e. The molecule has 0 unspecified atom stereocenters. The molecular formula is C16H22N4O3S3. The molecule has 0 aliphatic carbocycles. The second-order valence-corrected chi connectivity index (χ2v) is 9.51. The highest BCUT2D eigenvalue weighted by atomic mass is 32.2. The Hall–Kier alpha value is -1.65. The average molecular weight is 415 g/mol. The zero-order chi connectivity index (χ0) is 19.3. The van der Waals surface area contributed by atoms with E-state index in [0.717, 1.165) is 24.2 Å². The van der Waals surface area contributed by atoms with E-state index in [4.69, 9.17) is 0 Å². The number of rotatable bonds is 8. The first-order chi connectivity index (χ1) is 12.3. The van der Waals surface area contributed by atoms with Gasteiger partial charge >= 0.3 is 0 Å². The highest BCUT2D eigenvalue weighted by Gasteiger charge is 2.24. The van der Waals surface area contributed by atoms with Crippen LogP contribution in [0.2, 0.25) is 0 Å². The van der Waals surface area contributed by atoms with Crippen molar-refractivity contribution >= 4 is 55.6 Å². The molecule has 2 heterocycles. The fourth-order valence-corrected chi connectivity index (χ4v) is 6.46. The maximum Gasteiger partial charge on any atom is 0.223 e. The number of nitrogens with one attached hydrogen (secondary N) is 2. The van der Waals surface area contributed by atoms with Crippen molar-refractivity contribution in [2.24, 2.45) is 0 Å². The van der Waals surface area contributed by atoms with Crippen molar-refractivity contribution in [1.82, 2.24) is 9.97 Å². The number of aromatic nitrogens is 2. The number of amides is 2. The number of carbonyl (C=O) groups excluding carboxylic acids is 2. The van der Waals surface area contributed by atoms with Gasteiger partial charge in [-0.3, -0.25) is 9.59 Å². The molecule has 0 radical (unpaired) electrons. The average Bonchev–Trinajstić information content (AvgIpc) is 3.10. The zero-order valence-corrected chi connectivity index (χ0v) is 17.6. The van der Waals surface area contributed by atoms with Gasteiger partial charge < -0.3 is 10.6 Å². The number of nitrogens with zero attached hydrogens (tertiary/aromatic N) is 2. The van der Waals surface area contributed by atoms with E-state index in [1.807, 2.05) is 13.8 Å². The third-order valence-corrected chi connectivity index (χ3v) is 7.37. The van der Waals surface area contributed by atoms with Crippen molar-refractivity contribution in [3.05, 3.63) is 11.4 Å². The Labute approximate surface area is 163 Å². The monoisotopic (exact) mass is 414 g/mol. The topological polar surface area (TPSA) is 101 Å². The first-order valence-corrected chi connectivity index (χ1v) is 11.1. The van der Waals surface area contributed by atoms with Gasteiger partial charge in [0.1, 0.15) is 19.2 Å². The molecule has 142 valence electrons. The molecule has 2 amide bonds. The normalized spacial score (nSPS) is 11.0. The van der Waals surface area contributed by atoms with Crippen LogP contribution < -0.4 is 10.6 Å². The third-order valence-electron chi connectivity index (χ3n) is 3.20. The molecule has 0 bridgehead atoms. The number of hydrogen-bond acceptors (Lipinski definition) is 7. The Morgan fingerprint density at radius 2 is 1.27 bits per heavy atom. The van der Waals surface area contributed by atoms with Crippen LogP contribution in [-0.4, -0.2) is 26.0 Å². The second-order valence-electron chi connectivity index (χ2n) is 5.64. The molecule has 2 aromatic heterocycles. The van der Waals surface area contributed by atoms with Crippen LogP contribution in [0.15, 0.2) is 8.42 Å². The van der Waals surface area contributed by atoms with Crippen molar-refractivity contribution in [3.63, 3.8) is 0 Å². The molecule has 0 aliphatic heterocycles. The summed E-state index contributed by atoms with van der Waals surface area (Å²) in [5.74, 6) is -0.423. The number of anilines is 2.